The lowest BCUT2D eigenvalue weighted by atomic mass is 10.0. The van der Waals surface area contributed by atoms with Crippen LogP contribution in [-0.4, -0.2) is 31.1 Å². The van der Waals surface area contributed by atoms with Crippen LogP contribution in [0.5, 0.6) is 0 Å². The number of unbranched alkanes of at least 4 members (excludes halogenated alkanes) is 9. The van der Waals surface area contributed by atoms with E-state index in [4.69, 9.17) is 5.73 Å². The Hall–Kier alpha value is -0.0800. The first-order valence-electron chi connectivity index (χ1n) is 9.52. The molecule has 128 valence electrons. The third kappa shape index (κ3) is 14.6. The van der Waals surface area contributed by atoms with Gasteiger partial charge in [-0.15, -0.1) is 0 Å². The van der Waals surface area contributed by atoms with Gasteiger partial charge in [0.2, 0.25) is 0 Å². The smallest absolute Gasteiger partial charge is 0.00740 e. The van der Waals surface area contributed by atoms with Crippen molar-refractivity contribution in [3.63, 3.8) is 0 Å². The molecule has 0 bridgehead atoms. The van der Waals surface area contributed by atoms with Crippen molar-refractivity contribution in [1.82, 2.24) is 4.90 Å². The first kappa shape index (κ1) is 20.9. The quantitative estimate of drug-likeness (QED) is 0.420. The largest absolute Gasteiger partial charge is 0.327 e. The first-order chi connectivity index (χ1) is 10.1. The van der Waals surface area contributed by atoms with Crippen LogP contribution in [-0.2, 0) is 0 Å². The summed E-state index contributed by atoms with van der Waals surface area (Å²) >= 11 is 0. The van der Waals surface area contributed by atoms with Gasteiger partial charge in [-0.05, 0) is 38.9 Å². The Balaban J connectivity index is 3.23. The van der Waals surface area contributed by atoms with E-state index in [1.165, 1.54) is 70.8 Å². The molecule has 0 aromatic heterocycles. The summed E-state index contributed by atoms with van der Waals surface area (Å²) in [5, 5.41) is 0. The summed E-state index contributed by atoms with van der Waals surface area (Å²) in [7, 11) is 2.24. The van der Waals surface area contributed by atoms with Gasteiger partial charge in [-0.1, -0.05) is 78.6 Å². The molecule has 0 aliphatic heterocycles. The summed E-state index contributed by atoms with van der Waals surface area (Å²) < 4.78 is 0. The second-order valence-electron chi connectivity index (χ2n) is 7.18. The highest BCUT2D eigenvalue weighted by Gasteiger charge is 2.08. The van der Waals surface area contributed by atoms with Crippen LogP contribution in [0.3, 0.4) is 0 Å². The number of rotatable bonds is 15. The third-order valence-corrected chi connectivity index (χ3v) is 4.59. The van der Waals surface area contributed by atoms with E-state index < -0.39 is 0 Å². The van der Waals surface area contributed by atoms with Crippen molar-refractivity contribution in [3.05, 3.63) is 0 Å². The number of nitrogens with two attached hydrogens (primary N) is 1. The second-order valence-corrected chi connectivity index (χ2v) is 7.18. The van der Waals surface area contributed by atoms with Gasteiger partial charge in [-0.2, -0.15) is 0 Å². The fourth-order valence-corrected chi connectivity index (χ4v) is 2.68. The number of nitrogens with zero attached hydrogens (tertiary/aromatic N) is 1. The lowest BCUT2D eigenvalue weighted by molar-refractivity contribution is 0.295. The first-order valence-corrected chi connectivity index (χ1v) is 9.52. The van der Waals surface area contributed by atoms with Gasteiger partial charge in [-0.25, -0.2) is 0 Å². The molecule has 0 radical (unpaired) electrons. The Bertz CT molecular complexity index is 204. The van der Waals surface area contributed by atoms with Gasteiger partial charge in [0.05, 0.1) is 0 Å². The van der Waals surface area contributed by atoms with E-state index in [2.05, 4.69) is 32.7 Å². The van der Waals surface area contributed by atoms with Crippen molar-refractivity contribution >= 4 is 0 Å². The molecule has 1 atom stereocenters. The molecule has 0 aliphatic rings. The molecule has 0 saturated carbocycles. The highest BCUT2D eigenvalue weighted by Crippen LogP contribution is 2.11. The molecule has 0 aromatic carbocycles. The minimum Gasteiger partial charge on any atom is -0.327 e. The van der Waals surface area contributed by atoms with Gasteiger partial charge in [0.15, 0.2) is 0 Å². The van der Waals surface area contributed by atoms with E-state index in [0.29, 0.717) is 12.0 Å². The highest BCUT2D eigenvalue weighted by molar-refractivity contribution is 4.67. The van der Waals surface area contributed by atoms with Gasteiger partial charge in [0.25, 0.3) is 0 Å². The van der Waals surface area contributed by atoms with Crippen LogP contribution in [0.2, 0.25) is 0 Å². The zero-order valence-electron chi connectivity index (χ0n) is 15.4. The fourth-order valence-electron chi connectivity index (χ4n) is 2.68. The minimum absolute atomic E-state index is 0.361. The number of hydrogen-bond acceptors (Lipinski definition) is 2. The molecular weight excluding hydrogens is 256 g/mol. The summed E-state index contributed by atoms with van der Waals surface area (Å²) in [6, 6.07) is 0.361. The monoisotopic (exact) mass is 298 g/mol. The van der Waals surface area contributed by atoms with Crippen LogP contribution in [0.1, 0.15) is 91.4 Å². The fraction of sp³-hybridized carbons (Fsp3) is 1.00. The molecule has 0 amide bonds. The summed E-state index contributed by atoms with van der Waals surface area (Å²) in [6.45, 7) is 9.10. The zero-order valence-corrected chi connectivity index (χ0v) is 15.4. The summed E-state index contributed by atoms with van der Waals surface area (Å²) in [4.78, 5) is 2.45. The van der Waals surface area contributed by atoms with E-state index in [0.717, 1.165) is 13.0 Å². The molecule has 0 fully saturated rings. The molecule has 1 unspecified atom stereocenters. The molecule has 0 aromatic rings. The Morgan fingerprint density at radius 2 is 1.24 bits per heavy atom. The Labute approximate surface area is 134 Å². The molecule has 0 heterocycles. The average Bonchev–Trinajstić information content (AvgIpc) is 2.46. The molecule has 2 nitrogen and oxygen atoms in total. The van der Waals surface area contributed by atoms with Gasteiger partial charge in [-0.3, -0.25) is 0 Å². The maximum absolute atomic E-state index is 6.09. The van der Waals surface area contributed by atoms with Crippen LogP contribution in [0, 0.1) is 5.92 Å². The molecule has 0 rings (SSSR count). The molecule has 2 heteroatoms. The maximum Gasteiger partial charge on any atom is 0.00740 e. The summed E-state index contributed by atoms with van der Waals surface area (Å²) in [5.74, 6) is 0.607. The summed E-state index contributed by atoms with van der Waals surface area (Å²) in [5.41, 5.74) is 6.09. The predicted molar refractivity (Wildman–Crippen MR) is 96.8 cm³/mol. The van der Waals surface area contributed by atoms with Crippen LogP contribution in [0.15, 0.2) is 0 Å². The number of hydrogen-bond donors (Lipinski definition) is 1. The van der Waals surface area contributed by atoms with Crippen molar-refractivity contribution in [3.8, 4) is 0 Å². The normalized spacial score (nSPS) is 13.3. The van der Waals surface area contributed by atoms with Crippen LogP contribution >= 0.6 is 0 Å². The minimum atomic E-state index is 0.361. The summed E-state index contributed by atoms with van der Waals surface area (Å²) in [6.07, 6.45) is 15.3. The zero-order chi connectivity index (χ0) is 15.9. The Morgan fingerprint density at radius 1 is 0.762 bits per heavy atom. The predicted octanol–water partition coefficient (Wildman–Crippen LogP) is 5.21. The maximum atomic E-state index is 6.09. The Kier molecular flexibility index (Phi) is 14.8. The SMILES string of the molecule is CCCCCCCCCCCCN(C)CCC(N)C(C)C. The van der Waals surface area contributed by atoms with Crippen LogP contribution < -0.4 is 5.73 Å². The van der Waals surface area contributed by atoms with E-state index in [1.54, 1.807) is 0 Å². The van der Waals surface area contributed by atoms with Gasteiger partial charge < -0.3 is 10.6 Å². The van der Waals surface area contributed by atoms with E-state index in [9.17, 15) is 0 Å². The van der Waals surface area contributed by atoms with E-state index in [-0.39, 0.29) is 0 Å². The van der Waals surface area contributed by atoms with Crippen molar-refractivity contribution in [2.45, 2.75) is 97.4 Å². The lowest BCUT2D eigenvalue weighted by Crippen LogP contribution is -2.32. The second kappa shape index (κ2) is 14.8. The van der Waals surface area contributed by atoms with Crippen molar-refractivity contribution in [1.29, 1.82) is 0 Å². The molecule has 0 spiro atoms. The van der Waals surface area contributed by atoms with Crippen LogP contribution in [0.4, 0.5) is 0 Å². The third-order valence-electron chi connectivity index (χ3n) is 4.59. The van der Waals surface area contributed by atoms with Gasteiger partial charge in [0.1, 0.15) is 0 Å². The van der Waals surface area contributed by atoms with E-state index >= 15 is 0 Å². The topological polar surface area (TPSA) is 29.3 Å². The standard InChI is InChI=1S/C19H42N2/c1-5-6-7-8-9-10-11-12-13-14-16-21(4)17-15-19(20)18(2)3/h18-19H,5-17,20H2,1-4H3. The van der Waals surface area contributed by atoms with E-state index in [1.807, 2.05) is 0 Å². The Morgan fingerprint density at radius 3 is 1.71 bits per heavy atom. The average molecular weight is 299 g/mol. The molecule has 0 saturated heterocycles. The molecule has 21 heavy (non-hydrogen) atoms. The van der Waals surface area contributed by atoms with Crippen molar-refractivity contribution in [2.24, 2.45) is 11.7 Å². The lowest BCUT2D eigenvalue weighted by Gasteiger charge is -2.21. The molecule has 0 aliphatic carbocycles. The van der Waals surface area contributed by atoms with Crippen LogP contribution in [0.25, 0.3) is 0 Å². The highest BCUT2D eigenvalue weighted by atomic mass is 15.1. The molecule has 2 N–H and O–H groups in total. The van der Waals surface area contributed by atoms with Crippen molar-refractivity contribution < 1.29 is 0 Å². The van der Waals surface area contributed by atoms with Gasteiger partial charge in [0, 0.05) is 6.04 Å². The molecular formula is C19H42N2. The van der Waals surface area contributed by atoms with Crippen molar-refractivity contribution in [2.75, 3.05) is 20.1 Å². The van der Waals surface area contributed by atoms with Gasteiger partial charge >= 0.3 is 0 Å².